The molecule has 5 nitrogen and oxygen atoms in total. The summed E-state index contributed by atoms with van der Waals surface area (Å²) in [5, 5.41) is 3.02. The molecule has 1 heterocycles. The molecule has 122 valence electrons. The molecule has 21 heavy (non-hydrogen) atoms. The summed E-state index contributed by atoms with van der Waals surface area (Å²) < 4.78 is 0. The molecule has 0 spiro atoms. The number of carbonyl (C=O) groups excluding carboxylic acids is 2. The van der Waals surface area contributed by atoms with Crippen molar-refractivity contribution in [1.82, 2.24) is 10.2 Å². The Kier molecular flexibility index (Phi) is 6.94. The van der Waals surface area contributed by atoms with Crippen molar-refractivity contribution in [3.63, 3.8) is 0 Å². The number of halogens is 1. The van der Waals surface area contributed by atoms with Crippen LogP contribution < -0.4 is 11.1 Å². The lowest BCUT2D eigenvalue weighted by atomic mass is 9.94. The molecule has 0 bridgehead atoms. The number of nitrogens with one attached hydrogen (secondary N) is 1. The van der Waals surface area contributed by atoms with Gasteiger partial charge >= 0.3 is 0 Å². The predicted molar refractivity (Wildman–Crippen MR) is 85.1 cm³/mol. The van der Waals surface area contributed by atoms with Crippen LogP contribution in [0.1, 0.15) is 39.5 Å². The first-order valence-corrected chi connectivity index (χ1v) is 7.81. The normalized spacial score (nSPS) is 24.7. The van der Waals surface area contributed by atoms with Gasteiger partial charge in [0, 0.05) is 25.7 Å². The number of nitrogens with two attached hydrogens (primary N) is 1. The summed E-state index contributed by atoms with van der Waals surface area (Å²) in [7, 11) is 0. The Labute approximate surface area is 133 Å². The average molecular weight is 318 g/mol. The summed E-state index contributed by atoms with van der Waals surface area (Å²) >= 11 is 0. The second kappa shape index (κ2) is 7.99. The van der Waals surface area contributed by atoms with Gasteiger partial charge in [-0.3, -0.25) is 9.59 Å². The SMILES string of the molecule is CC(N)C(C)C(=O)N1CCCC(C(=O)NCC2CC2)C1.Cl. The van der Waals surface area contributed by atoms with Crippen LogP contribution >= 0.6 is 12.4 Å². The van der Waals surface area contributed by atoms with Gasteiger partial charge in [0.25, 0.3) is 0 Å². The lowest BCUT2D eigenvalue weighted by Gasteiger charge is -2.34. The smallest absolute Gasteiger partial charge is 0.226 e. The van der Waals surface area contributed by atoms with Crippen LogP contribution in [0.3, 0.4) is 0 Å². The van der Waals surface area contributed by atoms with E-state index < -0.39 is 0 Å². The first kappa shape index (κ1) is 18.2. The van der Waals surface area contributed by atoms with Gasteiger partial charge in [0.1, 0.15) is 0 Å². The Morgan fingerprint density at radius 2 is 1.95 bits per heavy atom. The first-order valence-electron chi connectivity index (χ1n) is 7.81. The zero-order valence-corrected chi connectivity index (χ0v) is 13.8. The van der Waals surface area contributed by atoms with Crippen LogP contribution in [-0.2, 0) is 9.59 Å². The van der Waals surface area contributed by atoms with Crippen molar-refractivity contribution in [2.75, 3.05) is 19.6 Å². The summed E-state index contributed by atoms with van der Waals surface area (Å²) in [6.45, 7) is 5.82. The first-order chi connectivity index (χ1) is 9.49. The lowest BCUT2D eigenvalue weighted by molar-refractivity contribution is -0.139. The van der Waals surface area contributed by atoms with Crippen molar-refractivity contribution in [1.29, 1.82) is 0 Å². The van der Waals surface area contributed by atoms with Crippen molar-refractivity contribution < 1.29 is 9.59 Å². The van der Waals surface area contributed by atoms with Gasteiger partial charge in [-0.05, 0) is 38.5 Å². The lowest BCUT2D eigenvalue weighted by Crippen LogP contribution is -2.49. The van der Waals surface area contributed by atoms with E-state index in [1.165, 1.54) is 12.8 Å². The monoisotopic (exact) mass is 317 g/mol. The molecule has 0 aromatic rings. The van der Waals surface area contributed by atoms with Crippen molar-refractivity contribution in [3.8, 4) is 0 Å². The van der Waals surface area contributed by atoms with E-state index in [1.807, 2.05) is 18.7 Å². The fourth-order valence-corrected chi connectivity index (χ4v) is 2.62. The van der Waals surface area contributed by atoms with Gasteiger partial charge in [0.2, 0.25) is 11.8 Å². The van der Waals surface area contributed by atoms with E-state index in [2.05, 4.69) is 5.32 Å². The maximum absolute atomic E-state index is 12.3. The average Bonchev–Trinajstić information content (AvgIpc) is 3.27. The molecule has 1 aliphatic heterocycles. The number of likely N-dealkylation sites (tertiary alicyclic amines) is 1. The molecule has 0 radical (unpaired) electrons. The van der Waals surface area contributed by atoms with Crippen LogP contribution in [0.25, 0.3) is 0 Å². The van der Waals surface area contributed by atoms with Crippen molar-refractivity contribution in [2.24, 2.45) is 23.5 Å². The van der Waals surface area contributed by atoms with E-state index >= 15 is 0 Å². The summed E-state index contributed by atoms with van der Waals surface area (Å²) in [5.74, 6) is 0.663. The molecule has 0 aromatic heterocycles. The fraction of sp³-hybridized carbons (Fsp3) is 0.867. The number of hydrogen-bond acceptors (Lipinski definition) is 3. The molecule has 3 atom stereocenters. The van der Waals surface area contributed by atoms with E-state index in [-0.39, 0.29) is 42.1 Å². The largest absolute Gasteiger partial charge is 0.356 e. The highest BCUT2D eigenvalue weighted by atomic mass is 35.5. The number of rotatable bonds is 5. The van der Waals surface area contributed by atoms with Crippen LogP contribution in [0.15, 0.2) is 0 Å². The summed E-state index contributed by atoms with van der Waals surface area (Å²) in [5.41, 5.74) is 5.80. The van der Waals surface area contributed by atoms with Gasteiger partial charge in [0.15, 0.2) is 0 Å². The maximum atomic E-state index is 12.3. The highest BCUT2D eigenvalue weighted by molar-refractivity contribution is 5.85. The summed E-state index contributed by atoms with van der Waals surface area (Å²) in [6, 6.07) is -0.147. The molecule has 3 N–H and O–H groups in total. The third kappa shape index (κ3) is 5.15. The second-order valence-corrected chi connectivity index (χ2v) is 6.46. The third-order valence-electron chi connectivity index (χ3n) is 4.54. The molecule has 0 aromatic carbocycles. The Bertz CT molecular complexity index is 372. The Morgan fingerprint density at radius 3 is 2.52 bits per heavy atom. The van der Waals surface area contributed by atoms with Crippen LogP contribution in [-0.4, -0.2) is 42.4 Å². The molecule has 1 aliphatic carbocycles. The Hall–Kier alpha value is -0.810. The maximum Gasteiger partial charge on any atom is 0.226 e. The molecular weight excluding hydrogens is 290 g/mol. The van der Waals surface area contributed by atoms with Crippen molar-refractivity contribution >= 4 is 24.2 Å². The Morgan fingerprint density at radius 1 is 1.29 bits per heavy atom. The summed E-state index contributed by atoms with van der Waals surface area (Å²) in [4.78, 5) is 26.2. The van der Waals surface area contributed by atoms with E-state index in [0.29, 0.717) is 12.5 Å². The summed E-state index contributed by atoms with van der Waals surface area (Å²) in [6.07, 6.45) is 4.26. The third-order valence-corrected chi connectivity index (χ3v) is 4.54. The predicted octanol–water partition coefficient (Wildman–Crippen LogP) is 1.16. The van der Waals surface area contributed by atoms with Crippen LogP contribution in [0.5, 0.6) is 0 Å². The minimum absolute atomic E-state index is 0. The van der Waals surface area contributed by atoms with Crippen LogP contribution in [0.4, 0.5) is 0 Å². The molecule has 3 unspecified atom stereocenters. The quantitative estimate of drug-likeness (QED) is 0.799. The zero-order chi connectivity index (χ0) is 14.7. The van der Waals surface area contributed by atoms with Crippen molar-refractivity contribution in [3.05, 3.63) is 0 Å². The zero-order valence-electron chi connectivity index (χ0n) is 13.0. The van der Waals surface area contributed by atoms with E-state index in [0.717, 1.165) is 25.9 Å². The number of piperidine rings is 1. The molecule has 2 aliphatic rings. The van der Waals surface area contributed by atoms with E-state index in [1.54, 1.807) is 0 Å². The standard InChI is InChI=1S/C15H27N3O2.ClH/c1-10(11(2)16)15(20)18-7-3-4-13(9-18)14(19)17-8-12-5-6-12;/h10-13H,3-9,16H2,1-2H3,(H,17,19);1H. The topological polar surface area (TPSA) is 75.4 Å². The van der Waals surface area contributed by atoms with Gasteiger partial charge < -0.3 is 16.0 Å². The van der Waals surface area contributed by atoms with Gasteiger partial charge in [0.05, 0.1) is 11.8 Å². The second-order valence-electron chi connectivity index (χ2n) is 6.46. The van der Waals surface area contributed by atoms with Gasteiger partial charge in [-0.2, -0.15) is 0 Å². The Balaban J connectivity index is 0.00000220. The molecule has 2 fully saturated rings. The molecule has 1 saturated carbocycles. The van der Waals surface area contributed by atoms with E-state index in [9.17, 15) is 9.59 Å². The minimum Gasteiger partial charge on any atom is -0.356 e. The van der Waals surface area contributed by atoms with E-state index in [4.69, 9.17) is 5.73 Å². The molecular formula is C15H28ClN3O2. The van der Waals surface area contributed by atoms with Gasteiger partial charge in [-0.15, -0.1) is 12.4 Å². The molecule has 2 amide bonds. The number of nitrogens with zero attached hydrogens (tertiary/aromatic N) is 1. The highest BCUT2D eigenvalue weighted by Gasteiger charge is 2.32. The van der Waals surface area contributed by atoms with Gasteiger partial charge in [-0.25, -0.2) is 0 Å². The van der Waals surface area contributed by atoms with Crippen LogP contribution in [0.2, 0.25) is 0 Å². The molecule has 6 heteroatoms. The number of amides is 2. The number of carbonyl (C=O) groups is 2. The van der Waals surface area contributed by atoms with Crippen LogP contribution in [0, 0.1) is 17.8 Å². The van der Waals surface area contributed by atoms with Gasteiger partial charge in [-0.1, -0.05) is 6.92 Å². The molecule has 1 saturated heterocycles. The number of hydrogen-bond donors (Lipinski definition) is 2. The van der Waals surface area contributed by atoms with Crippen molar-refractivity contribution in [2.45, 2.75) is 45.6 Å². The molecule has 2 rings (SSSR count). The fourth-order valence-electron chi connectivity index (χ4n) is 2.62. The minimum atomic E-state index is -0.178. The highest BCUT2D eigenvalue weighted by Crippen LogP contribution is 2.28.